The largest absolute Gasteiger partial charge is 0.325 e. The monoisotopic (exact) mass is 433 g/mol. The summed E-state index contributed by atoms with van der Waals surface area (Å²) in [6.45, 7) is 4.01. The van der Waals surface area contributed by atoms with Gasteiger partial charge >= 0.3 is 0 Å². The number of nitrogens with zero attached hydrogens (tertiary/aromatic N) is 2. The van der Waals surface area contributed by atoms with Crippen LogP contribution in [0.15, 0.2) is 66.2 Å². The molecule has 1 aliphatic rings. The molecule has 0 radical (unpaired) electrons. The first-order valence-electron chi connectivity index (χ1n) is 8.45. The molecule has 1 fully saturated rings. The third-order valence-corrected chi connectivity index (χ3v) is 5.56. The molecule has 2 amide bonds. The van der Waals surface area contributed by atoms with E-state index in [1.54, 1.807) is 54.6 Å². The summed E-state index contributed by atoms with van der Waals surface area (Å²) in [6, 6.07) is 13.8. The van der Waals surface area contributed by atoms with Crippen molar-refractivity contribution in [1.82, 2.24) is 4.90 Å². The molecule has 2 aromatic carbocycles. The van der Waals surface area contributed by atoms with Gasteiger partial charge in [-0.1, -0.05) is 47.1 Å². The molecule has 1 N–H and O–H groups in total. The van der Waals surface area contributed by atoms with E-state index in [0.717, 1.165) is 0 Å². The van der Waals surface area contributed by atoms with Crippen molar-refractivity contribution in [3.8, 4) is 0 Å². The van der Waals surface area contributed by atoms with Crippen LogP contribution in [0.5, 0.6) is 0 Å². The van der Waals surface area contributed by atoms with Crippen molar-refractivity contribution in [2.24, 2.45) is 4.99 Å². The smallest absolute Gasteiger partial charge is 0.238 e. The fourth-order valence-electron chi connectivity index (χ4n) is 2.56. The van der Waals surface area contributed by atoms with Crippen molar-refractivity contribution in [2.45, 2.75) is 11.7 Å². The normalized spacial score (nSPS) is 18.2. The number of benzene rings is 2. The molecule has 5 nitrogen and oxygen atoms in total. The first-order chi connectivity index (χ1) is 13.5. The number of rotatable bonds is 5. The summed E-state index contributed by atoms with van der Waals surface area (Å²) in [5, 5.41) is 3.78. The number of thioether (sulfide) groups is 1. The Morgan fingerprint density at radius 3 is 2.68 bits per heavy atom. The fraction of sp³-hybridized carbons (Fsp3) is 0.150. The number of amides is 2. The highest BCUT2D eigenvalue weighted by molar-refractivity contribution is 8.15. The minimum absolute atomic E-state index is 0.0759. The van der Waals surface area contributed by atoms with E-state index < -0.39 is 5.25 Å². The zero-order valence-corrected chi connectivity index (χ0v) is 17.1. The van der Waals surface area contributed by atoms with E-state index in [2.05, 4.69) is 16.9 Å². The van der Waals surface area contributed by atoms with Crippen molar-refractivity contribution in [3.05, 3.63) is 71.2 Å². The maximum absolute atomic E-state index is 12.7. The molecule has 0 saturated carbocycles. The minimum Gasteiger partial charge on any atom is -0.325 e. The molecule has 1 aliphatic heterocycles. The van der Waals surface area contributed by atoms with Crippen LogP contribution in [-0.2, 0) is 9.59 Å². The molecule has 3 rings (SSSR count). The topological polar surface area (TPSA) is 61.8 Å². The van der Waals surface area contributed by atoms with E-state index in [1.165, 1.54) is 16.7 Å². The van der Waals surface area contributed by atoms with Gasteiger partial charge in [0, 0.05) is 28.7 Å². The van der Waals surface area contributed by atoms with E-state index in [0.29, 0.717) is 33.1 Å². The molecule has 1 atom stereocenters. The number of carbonyl (C=O) groups is 2. The Kier molecular flexibility index (Phi) is 6.78. The summed E-state index contributed by atoms with van der Waals surface area (Å²) >= 11 is 13.1. The molecule has 28 heavy (non-hydrogen) atoms. The maximum atomic E-state index is 12.7. The summed E-state index contributed by atoms with van der Waals surface area (Å²) in [7, 11) is 0. The molecule has 0 spiro atoms. The van der Waals surface area contributed by atoms with Gasteiger partial charge in [0.2, 0.25) is 11.8 Å². The van der Waals surface area contributed by atoms with E-state index in [-0.39, 0.29) is 18.2 Å². The number of amidine groups is 1. The van der Waals surface area contributed by atoms with Gasteiger partial charge in [0.15, 0.2) is 5.17 Å². The second-order valence-corrected chi connectivity index (χ2v) is 8.02. The Bertz CT molecular complexity index is 931. The summed E-state index contributed by atoms with van der Waals surface area (Å²) in [5.74, 6) is -0.451. The van der Waals surface area contributed by atoms with Crippen LogP contribution < -0.4 is 5.32 Å². The Balaban J connectivity index is 1.82. The summed E-state index contributed by atoms with van der Waals surface area (Å²) in [5.41, 5.74) is 1.22. The van der Waals surface area contributed by atoms with Gasteiger partial charge in [-0.15, -0.1) is 6.58 Å². The molecule has 0 unspecified atom stereocenters. The molecule has 2 aromatic rings. The molecule has 1 saturated heterocycles. The van der Waals surface area contributed by atoms with E-state index in [4.69, 9.17) is 23.2 Å². The van der Waals surface area contributed by atoms with E-state index >= 15 is 0 Å². The first kappa shape index (κ1) is 20.5. The van der Waals surface area contributed by atoms with Gasteiger partial charge in [0.1, 0.15) is 5.25 Å². The average molecular weight is 434 g/mol. The average Bonchev–Trinajstić information content (AvgIpc) is 2.66. The zero-order valence-electron chi connectivity index (χ0n) is 14.8. The third-order valence-electron chi connectivity index (χ3n) is 3.89. The second-order valence-electron chi connectivity index (χ2n) is 5.97. The summed E-state index contributed by atoms with van der Waals surface area (Å²) in [6.07, 6.45) is 1.70. The summed E-state index contributed by atoms with van der Waals surface area (Å²) < 4.78 is 0. The first-order valence-corrected chi connectivity index (χ1v) is 10.1. The second kappa shape index (κ2) is 9.28. The van der Waals surface area contributed by atoms with Gasteiger partial charge in [-0.25, -0.2) is 4.99 Å². The minimum atomic E-state index is -0.595. The van der Waals surface area contributed by atoms with Gasteiger partial charge in [-0.05, 0) is 42.5 Å². The lowest BCUT2D eigenvalue weighted by Gasteiger charge is -2.31. The van der Waals surface area contributed by atoms with Gasteiger partial charge in [-0.3, -0.25) is 14.5 Å². The van der Waals surface area contributed by atoms with Crippen molar-refractivity contribution >= 4 is 63.3 Å². The lowest BCUT2D eigenvalue weighted by molar-refractivity contribution is -0.129. The van der Waals surface area contributed by atoms with Crippen LogP contribution in [0.4, 0.5) is 11.4 Å². The van der Waals surface area contributed by atoms with E-state index in [9.17, 15) is 9.59 Å². The van der Waals surface area contributed by atoms with Crippen molar-refractivity contribution in [3.63, 3.8) is 0 Å². The molecule has 144 valence electrons. The van der Waals surface area contributed by atoms with Gasteiger partial charge < -0.3 is 5.32 Å². The van der Waals surface area contributed by atoms with E-state index in [1.807, 2.05) is 0 Å². The number of aliphatic imine (C=N–C) groups is 1. The Hall–Kier alpha value is -2.28. The van der Waals surface area contributed by atoms with Crippen molar-refractivity contribution in [2.75, 3.05) is 11.9 Å². The lowest BCUT2D eigenvalue weighted by atomic mass is 10.2. The third kappa shape index (κ3) is 5.16. The quantitative estimate of drug-likeness (QED) is 0.663. The van der Waals surface area contributed by atoms with Crippen LogP contribution in [0.25, 0.3) is 0 Å². The van der Waals surface area contributed by atoms with Crippen molar-refractivity contribution in [1.29, 1.82) is 0 Å². The Labute approximate surface area is 177 Å². The molecule has 0 bridgehead atoms. The Morgan fingerprint density at radius 2 is 2.00 bits per heavy atom. The number of nitrogens with one attached hydrogen (secondary N) is 1. The maximum Gasteiger partial charge on any atom is 0.238 e. The van der Waals surface area contributed by atoms with Crippen LogP contribution in [0.1, 0.15) is 6.42 Å². The van der Waals surface area contributed by atoms with Crippen molar-refractivity contribution < 1.29 is 9.59 Å². The molecular formula is C20H17Cl2N3O2S. The highest BCUT2D eigenvalue weighted by Gasteiger charge is 2.35. The highest BCUT2D eigenvalue weighted by atomic mass is 35.5. The molecule has 1 heterocycles. The standard InChI is InChI=1S/C20H17Cl2N3O2S/c1-2-10-25-18(26)12-17(19(27)23-15-8-6-13(21)7-9-15)28-20(25)24-16-5-3-4-14(22)11-16/h2-9,11,17H,1,10,12H2,(H,23,27)/t17-/m1/s1. The van der Waals surface area contributed by atoms with Crippen LogP contribution in [0.2, 0.25) is 10.0 Å². The SMILES string of the molecule is C=CCN1C(=O)C[C@H](C(=O)Nc2ccc(Cl)cc2)SC1=Nc1cccc(Cl)c1. The number of carbonyl (C=O) groups excluding carboxylic acids is 2. The zero-order chi connectivity index (χ0) is 20.1. The summed E-state index contributed by atoms with van der Waals surface area (Å²) in [4.78, 5) is 31.4. The predicted octanol–water partition coefficient (Wildman–Crippen LogP) is 5.14. The molecule has 0 aliphatic carbocycles. The number of hydrogen-bond donors (Lipinski definition) is 1. The molecule has 0 aromatic heterocycles. The predicted molar refractivity (Wildman–Crippen MR) is 117 cm³/mol. The van der Waals surface area contributed by atoms with Crippen LogP contribution in [-0.4, -0.2) is 33.7 Å². The fourth-order valence-corrected chi connectivity index (χ4v) is 3.98. The van der Waals surface area contributed by atoms with Gasteiger partial charge in [0.25, 0.3) is 0 Å². The van der Waals surface area contributed by atoms with Gasteiger partial charge in [0.05, 0.1) is 5.69 Å². The van der Waals surface area contributed by atoms with Gasteiger partial charge in [-0.2, -0.15) is 0 Å². The molecular weight excluding hydrogens is 417 g/mol. The van der Waals surface area contributed by atoms with Crippen LogP contribution >= 0.6 is 35.0 Å². The number of halogens is 2. The molecule has 8 heteroatoms. The number of anilines is 1. The van der Waals surface area contributed by atoms with Crippen LogP contribution in [0.3, 0.4) is 0 Å². The Morgan fingerprint density at radius 1 is 1.25 bits per heavy atom. The number of hydrogen-bond acceptors (Lipinski definition) is 4. The van der Waals surface area contributed by atoms with Crippen LogP contribution in [0, 0.1) is 0 Å². The lowest BCUT2D eigenvalue weighted by Crippen LogP contribution is -2.45. The highest BCUT2D eigenvalue weighted by Crippen LogP contribution is 2.30.